The Morgan fingerprint density at radius 3 is 2.76 bits per heavy atom. The molecule has 17 heavy (non-hydrogen) atoms. The number of sulfone groups is 1. The van der Waals surface area contributed by atoms with E-state index < -0.39 is 9.84 Å². The van der Waals surface area contributed by atoms with Crippen molar-refractivity contribution in [3.8, 4) is 0 Å². The fourth-order valence-corrected chi connectivity index (χ4v) is 3.28. The molecular formula is C13H25NO2S. The van der Waals surface area contributed by atoms with Crippen LogP contribution in [-0.2, 0) is 9.84 Å². The van der Waals surface area contributed by atoms with Gasteiger partial charge >= 0.3 is 0 Å². The summed E-state index contributed by atoms with van der Waals surface area (Å²) >= 11 is 0. The SMILES string of the molecule is CCS(=O)(=O)CC(C)NCCC1=CCCCC1. The maximum atomic E-state index is 11.4. The first kappa shape index (κ1) is 14.7. The van der Waals surface area contributed by atoms with Gasteiger partial charge < -0.3 is 5.32 Å². The molecule has 4 heteroatoms. The molecule has 1 N–H and O–H groups in total. The van der Waals surface area contributed by atoms with Gasteiger partial charge in [0.05, 0.1) is 5.75 Å². The van der Waals surface area contributed by atoms with Crippen molar-refractivity contribution in [3.05, 3.63) is 11.6 Å². The lowest BCUT2D eigenvalue weighted by atomic mass is 9.97. The lowest BCUT2D eigenvalue weighted by Gasteiger charge is -2.16. The van der Waals surface area contributed by atoms with Crippen LogP contribution in [-0.4, -0.2) is 32.5 Å². The second-order valence-corrected chi connectivity index (χ2v) is 7.31. The Morgan fingerprint density at radius 2 is 2.18 bits per heavy atom. The van der Waals surface area contributed by atoms with Crippen molar-refractivity contribution >= 4 is 9.84 Å². The molecule has 0 saturated carbocycles. The maximum Gasteiger partial charge on any atom is 0.151 e. The molecule has 1 rings (SSSR count). The molecule has 1 aliphatic rings. The number of nitrogens with one attached hydrogen (secondary N) is 1. The number of hydrogen-bond donors (Lipinski definition) is 1. The summed E-state index contributed by atoms with van der Waals surface area (Å²) in [5.74, 6) is 0.493. The van der Waals surface area contributed by atoms with Crippen molar-refractivity contribution in [1.29, 1.82) is 0 Å². The van der Waals surface area contributed by atoms with Gasteiger partial charge in [-0.15, -0.1) is 0 Å². The fraction of sp³-hybridized carbons (Fsp3) is 0.846. The van der Waals surface area contributed by atoms with E-state index in [1.165, 1.54) is 31.3 Å². The van der Waals surface area contributed by atoms with Gasteiger partial charge in [-0.1, -0.05) is 18.6 Å². The first-order valence-corrected chi connectivity index (χ1v) is 8.47. The van der Waals surface area contributed by atoms with Gasteiger partial charge in [0.25, 0.3) is 0 Å². The van der Waals surface area contributed by atoms with Gasteiger partial charge in [-0.2, -0.15) is 0 Å². The van der Waals surface area contributed by atoms with Crippen molar-refractivity contribution < 1.29 is 8.42 Å². The Balaban J connectivity index is 2.20. The van der Waals surface area contributed by atoms with Crippen LogP contribution >= 0.6 is 0 Å². The molecular weight excluding hydrogens is 234 g/mol. The summed E-state index contributed by atoms with van der Waals surface area (Å²) in [5, 5.41) is 3.30. The minimum atomic E-state index is -2.85. The van der Waals surface area contributed by atoms with Gasteiger partial charge in [0.2, 0.25) is 0 Å². The van der Waals surface area contributed by atoms with Crippen molar-refractivity contribution in [2.45, 2.75) is 52.0 Å². The third-order valence-electron chi connectivity index (χ3n) is 3.27. The van der Waals surface area contributed by atoms with E-state index in [1.807, 2.05) is 6.92 Å². The van der Waals surface area contributed by atoms with Gasteiger partial charge in [-0.05, 0) is 45.6 Å². The standard InChI is InChI=1S/C13H25NO2S/c1-3-17(15,16)11-12(2)14-10-9-13-7-5-4-6-8-13/h7,12,14H,3-6,8-11H2,1-2H3. The molecule has 0 saturated heterocycles. The first-order chi connectivity index (χ1) is 8.03. The minimum Gasteiger partial charge on any atom is -0.313 e. The Labute approximate surface area is 106 Å². The van der Waals surface area contributed by atoms with Crippen LogP contribution in [0.4, 0.5) is 0 Å². The van der Waals surface area contributed by atoms with E-state index in [9.17, 15) is 8.42 Å². The molecule has 1 aliphatic carbocycles. The van der Waals surface area contributed by atoms with E-state index in [-0.39, 0.29) is 17.5 Å². The summed E-state index contributed by atoms with van der Waals surface area (Å²) in [6.45, 7) is 4.55. The second kappa shape index (κ2) is 7.17. The molecule has 100 valence electrons. The zero-order chi connectivity index (χ0) is 12.7. The van der Waals surface area contributed by atoms with E-state index in [1.54, 1.807) is 6.92 Å². The molecule has 0 aromatic rings. The number of rotatable bonds is 7. The largest absolute Gasteiger partial charge is 0.313 e. The van der Waals surface area contributed by atoms with Gasteiger partial charge in [0, 0.05) is 11.8 Å². The molecule has 0 amide bonds. The zero-order valence-corrected chi connectivity index (χ0v) is 11.9. The lowest BCUT2D eigenvalue weighted by molar-refractivity contribution is 0.552. The Kier molecular flexibility index (Phi) is 6.20. The van der Waals surface area contributed by atoms with Crippen LogP contribution in [0.2, 0.25) is 0 Å². The topological polar surface area (TPSA) is 46.2 Å². The monoisotopic (exact) mass is 259 g/mol. The van der Waals surface area contributed by atoms with Crippen molar-refractivity contribution in [1.82, 2.24) is 5.32 Å². The molecule has 0 spiro atoms. The van der Waals surface area contributed by atoms with Gasteiger partial charge in [-0.3, -0.25) is 0 Å². The summed E-state index contributed by atoms with van der Waals surface area (Å²) < 4.78 is 22.8. The van der Waals surface area contributed by atoms with Crippen LogP contribution in [0.1, 0.15) is 46.0 Å². The quantitative estimate of drug-likeness (QED) is 0.714. The smallest absolute Gasteiger partial charge is 0.151 e. The fourth-order valence-electron chi connectivity index (χ4n) is 2.17. The zero-order valence-electron chi connectivity index (χ0n) is 11.0. The number of hydrogen-bond acceptors (Lipinski definition) is 3. The highest BCUT2D eigenvalue weighted by molar-refractivity contribution is 7.91. The molecule has 0 radical (unpaired) electrons. The highest BCUT2D eigenvalue weighted by Gasteiger charge is 2.13. The molecule has 0 bridgehead atoms. The van der Waals surface area contributed by atoms with Crippen LogP contribution in [0.3, 0.4) is 0 Å². The van der Waals surface area contributed by atoms with Gasteiger partial charge in [0.15, 0.2) is 9.84 Å². The van der Waals surface area contributed by atoms with E-state index in [2.05, 4.69) is 11.4 Å². The predicted molar refractivity (Wildman–Crippen MR) is 73.0 cm³/mol. The molecule has 0 fully saturated rings. The van der Waals surface area contributed by atoms with Crippen LogP contribution < -0.4 is 5.32 Å². The highest BCUT2D eigenvalue weighted by atomic mass is 32.2. The molecule has 3 nitrogen and oxygen atoms in total. The Hall–Kier alpha value is -0.350. The molecule has 0 aliphatic heterocycles. The van der Waals surface area contributed by atoms with Crippen molar-refractivity contribution in [3.63, 3.8) is 0 Å². The van der Waals surface area contributed by atoms with E-state index in [0.29, 0.717) is 0 Å². The summed E-state index contributed by atoms with van der Waals surface area (Å²) in [4.78, 5) is 0. The summed E-state index contributed by atoms with van der Waals surface area (Å²) in [7, 11) is -2.85. The van der Waals surface area contributed by atoms with Crippen LogP contribution in [0.25, 0.3) is 0 Å². The first-order valence-electron chi connectivity index (χ1n) is 6.65. The minimum absolute atomic E-state index is 0.0594. The molecule has 1 atom stereocenters. The van der Waals surface area contributed by atoms with Crippen molar-refractivity contribution in [2.75, 3.05) is 18.1 Å². The summed E-state index contributed by atoms with van der Waals surface area (Å²) in [6.07, 6.45) is 8.49. The summed E-state index contributed by atoms with van der Waals surface area (Å²) in [5.41, 5.74) is 1.54. The van der Waals surface area contributed by atoms with Gasteiger partial charge in [-0.25, -0.2) is 8.42 Å². The molecule has 0 heterocycles. The molecule has 0 aromatic heterocycles. The van der Waals surface area contributed by atoms with E-state index in [0.717, 1.165) is 13.0 Å². The Morgan fingerprint density at radius 1 is 1.41 bits per heavy atom. The average molecular weight is 259 g/mol. The lowest BCUT2D eigenvalue weighted by Crippen LogP contribution is -2.34. The van der Waals surface area contributed by atoms with Gasteiger partial charge in [0.1, 0.15) is 0 Å². The van der Waals surface area contributed by atoms with Crippen LogP contribution in [0.15, 0.2) is 11.6 Å². The average Bonchev–Trinajstić information content (AvgIpc) is 2.30. The third kappa shape index (κ3) is 6.22. The van der Waals surface area contributed by atoms with E-state index >= 15 is 0 Å². The molecule has 1 unspecified atom stereocenters. The van der Waals surface area contributed by atoms with E-state index in [4.69, 9.17) is 0 Å². The second-order valence-electron chi connectivity index (χ2n) is 4.91. The Bertz CT molecular complexity index is 346. The highest BCUT2D eigenvalue weighted by Crippen LogP contribution is 2.19. The summed E-state index contributed by atoms with van der Waals surface area (Å²) in [6, 6.07) is 0.0594. The van der Waals surface area contributed by atoms with Crippen LogP contribution in [0.5, 0.6) is 0 Å². The third-order valence-corrected chi connectivity index (χ3v) is 5.16. The van der Waals surface area contributed by atoms with Crippen molar-refractivity contribution in [2.24, 2.45) is 0 Å². The molecule has 0 aromatic carbocycles. The maximum absolute atomic E-state index is 11.4. The normalized spacial score (nSPS) is 18.8. The van der Waals surface area contributed by atoms with Crippen LogP contribution in [0, 0.1) is 0 Å². The number of allylic oxidation sites excluding steroid dienone is 1. The predicted octanol–water partition coefficient (Wildman–Crippen LogP) is 2.29.